The lowest BCUT2D eigenvalue weighted by Crippen LogP contribution is -2.50. The molecule has 0 fully saturated rings. The van der Waals surface area contributed by atoms with Crippen LogP contribution in [0.15, 0.2) is 52.6 Å². The number of amides is 1. The molecule has 2 aromatic carbocycles. The summed E-state index contributed by atoms with van der Waals surface area (Å²) in [5, 5.41) is 11.4. The van der Waals surface area contributed by atoms with Crippen molar-refractivity contribution in [2.45, 2.75) is 20.0 Å². The summed E-state index contributed by atoms with van der Waals surface area (Å²) in [7, 11) is 0. The van der Waals surface area contributed by atoms with E-state index in [0.29, 0.717) is 17.5 Å². The highest BCUT2D eigenvalue weighted by molar-refractivity contribution is 8.13. The molecule has 1 unspecified atom stereocenters. The minimum atomic E-state index is -0.405. The second kappa shape index (κ2) is 7.08. The molecule has 0 radical (unpaired) electrons. The van der Waals surface area contributed by atoms with Crippen molar-refractivity contribution >= 4 is 28.5 Å². The van der Waals surface area contributed by atoms with Gasteiger partial charge in [-0.3, -0.25) is 15.1 Å². The Hall–Kier alpha value is -2.80. The molecule has 0 saturated heterocycles. The number of fused-ring (bicyclic) bond motifs is 2. The highest BCUT2D eigenvalue weighted by Crippen LogP contribution is 2.32. The van der Waals surface area contributed by atoms with Crippen LogP contribution in [0.4, 0.5) is 0 Å². The Labute approximate surface area is 161 Å². The Kier molecular flexibility index (Phi) is 4.61. The van der Waals surface area contributed by atoms with Crippen LogP contribution in [0.1, 0.15) is 24.2 Å². The molecule has 2 aromatic rings. The minimum Gasteiger partial charge on any atom is -0.494 e. The molecule has 27 heavy (non-hydrogen) atoms. The summed E-state index contributed by atoms with van der Waals surface area (Å²) in [5.74, 6) is 0.690. The predicted octanol–water partition coefficient (Wildman–Crippen LogP) is 1.90. The second-order valence-electron chi connectivity index (χ2n) is 6.23. The second-order valence-corrected chi connectivity index (χ2v) is 7.03. The van der Waals surface area contributed by atoms with Crippen molar-refractivity contribution in [3.8, 4) is 5.75 Å². The summed E-state index contributed by atoms with van der Waals surface area (Å²) >= 11 is 1.40. The standard InChI is InChI=1S/C20H20N4O2S/c1-4-26-16-10-9-13(11-12(16)2)18-21-15-8-6-5-7-14(15)17-19(25)22-20(27-3)23-24(17)18/h5-11,18H,4H2,1-3H3,(H,22,23,25). The van der Waals surface area contributed by atoms with Gasteiger partial charge in [-0.1, -0.05) is 36.0 Å². The first-order valence-electron chi connectivity index (χ1n) is 8.76. The lowest BCUT2D eigenvalue weighted by atomic mass is 10.1. The van der Waals surface area contributed by atoms with Crippen molar-refractivity contribution in [2.75, 3.05) is 12.9 Å². The van der Waals surface area contributed by atoms with Crippen LogP contribution in [0, 0.1) is 6.92 Å². The van der Waals surface area contributed by atoms with Crippen LogP contribution in [0.5, 0.6) is 5.75 Å². The van der Waals surface area contributed by atoms with Gasteiger partial charge in [0.25, 0.3) is 5.91 Å². The molecule has 7 heteroatoms. The number of hydrazone groups is 1. The maximum absolute atomic E-state index is 12.8. The molecule has 2 aliphatic rings. The summed E-state index contributed by atoms with van der Waals surface area (Å²) in [4.78, 5) is 17.7. The van der Waals surface area contributed by atoms with E-state index in [2.05, 4.69) is 10.4 Å². The summed E-state index contributed by atoms with van der Waals surface area (Å²) in [6, 6.07) is 13.6. The van der Waals surface area contributed by atoms with Crippen LogP contribution in [-0.2, 0) is 4.79 Å². The van der Waals surface area contributed by atoms with Gasteiger partial charge in [0.05, 0.1) is 12.0 Å². The summed E-state index contributed by atoms with van der Waals surface area (Å²) < 4.78 is 5.65. The zero-order valence-electron chi connectivity index (χ0n) is 15.4. The van der Waals surface area contributed by atoms with Crippen molar-refractivity contribution in [2.24, 2.45) is 10.1 Å². The number of benzene rings is 2. The number of amidine groups is 1. The lowest BCUT2D eigenvalue weighted by molar-refractivity contribution is -0.116. The van der Waals surface area contributed by atoms with E-state index in [1.165, 1.54) is 11.8 Å². The van der Waals surface area contributed by atoms with Crippen LogP contribution in [0.3, 0.4) is 0 Å². The Morgan fingerprint density at radius 1 is 1.26 bits per heavy atom. The number of nitrogens with one attached hydrogen (secondary N) is 1. The number of ether oxygens (including phenoxy) is 1. The molecule has 1 amide bonds. The topological polar surface area (TPSA) is 66.3 Å². The number of nitrogens with zero attached hydrogens (tertiary/aromatic N) is 3. The van der Waals surface area contributed by atoms with E-state index < -0.39 is 6.17 Å². The minimum absolute atomic E-state index is 0.163. The fourth-order valence-corrected chi connectivity index (χ4v) is 3.65. The van der Waals surface area contributed by atoms with Crippen molar-refractivity contribution < 1.29 is 9.53 Å². The predicted molar refractivity (Wildman–Crippen MR) is 107 cm³/mol. The van der Waals surface area contributed by atoms with E-state index in [4.69, 9.17) is 9.73 Å². The maximum Gasteiger partial charge on any atom is 0.276 e. The molecule has 1 atom stereocenters. The SMILES string of the molecule is CCOc1ccc(C2N=c3ccccc3=C3C(=O)NC(SC)=NN32)cc1C. The van der Waals surface area contributed by atoms with E-state index >= 15 is 0 Å². The van der Waals surface area contributed by atoms with E-state index in [0.717, 1.165) is 27.5 Å². The first-order chi connectivity index (χ1) is 13.1. The fourth-order valence-electron chi connectivity index (χ4n) is 3.29. The lowest BCUT2D eigenvalue weighted by Gasteiger charge is -2.34. The number of para-hydroxylation sites is 1. The third kappa shape index (κ3) is 3.08. The Balaban J connectivity index is 1.90. The summed E-state index contributed by atoms with van der Waals surface area (Å²) in [6.45, 7) is 4.59. The van der Waals surface area contributed by atoms with Gasteiger partial charge in [0.1, 0.15) is 11.4 Å². The normalized spacial score (nSPS) is 18.1. The smallest absolute Gasteiger partial charge is 0.276 e. The van der Waals surface area contributed by atoms with Crippen LogP contribution >= 0.6 is 11.8 Å². The Bertz CT molecular complexity index is 1060. The fraction of sp³-hybridized carbons (Fsp3) is 0.250. The zero-order chi connectivity index (χ0) is 19.0. The Morgan fingerprint density at radius 2 is 2.07 bits per heavy atom. The number of hydrogen-bond acceptors (Lipinski definition) is 6. The molecule has 4 rings (SSSR count). The first kappa shape index (κ1) is 17.6. The molecule has 6 nitrogen and oxygen atoms in total. The highest BCUT2D eigenvalue weighted by Gasteiger charge is 2.34. The molecule has 0 aliphatic carbocycles. The van der Waals surface area contributed by atoms with Crippen LogP contribution in [-0.4, -0.2) is 28.9 Å². The van der Waals surface area contributed by atoms with Crippen molar-refractivity contribution in [1.82, 2.24) is 10.3 Å². The summed E-state index contributed by atoms with van der Waals surface area (Å²) in [6.07, 6.45) is 1.48. The molecule has 2 heterocycles. The molecular formula is C20H20N4O2S. The van der Waals surface area contributed by atoms with Gasteiger partial charge >= 0.3 is 0 Å². The van der Waals surface area contributed by atoms with Gasteiger partial charge in [-0.15, -0.1) is 5.10 Å². The van der Waals surface area contributed by atoms with Gasteiger partial charge in [-0.25, -0.2) is 5.01 Å². The number of carbonyl (C=O) groups is 1. The number of thioether (sulfide) groups is 1. The third-order valence-corrected chi connectivity index (χ3v) is 5.08. The largest absolute Gasteiger partial charge is 0.494 e. The third-order valence-electron chi connectivity index (χ3n) is 4.51. The molecule has 1 N–H and O–H groups in total. The Morgan fingerprint density at radius 3 is 2.81 bits per heavy atom. The molecule has 0 bridgehead atoms. The van der Waals surface area contributed by atoms with Gasteiger partial charge in [-0.2, -0.15) is 0 Å². The van der Waals surface area contributed by atoms with Crippen molar-refractivity contribution in [3.05, 3.63) is 64.2 Å². The molecule has 138 valence electrons. The first-order valence-corrected chi connectivity index (χ1v) is 9.98. The number of carbonyl (C=O) groups excluding carboxylic acids is 1. The monoisotopic (exact) mass is 380 g/mol. The van der Waals surface area contributed by atoms with Crippen molar-refractivity contribution in [3.63, 3.8) is 0 Å². The van der Waals surface area contributed by atoms with Crippen LogP contribution in [0.2, 0.25) is 0 Å². The average molecular weight is 380 g/mol. The van der Waals surface area contributed by atoms with Crippen molar-refractivity contribution in [1.29, 1.82) is 0 Å². The maximum atomic E-state index is 12.8. The van der Waals surface area contributed by atoms with Crippen LogP contribution < -0.4 is 20.6 Å². The van der Waals surface area contributed by atoms with Gasteiger partial charge < -0.3 is 4.74 Å². The van der Waals surface area contributed by atoms with E-state index in [-0.39, 0.29) is 5.91 Å². The molecule has 0 aromatic heterocycles. The van der Waals surface area contributed by atoms with Gasteiger partial charge in [-0.05, 0) is 49.4 Å². The number of hydrogen-bond donors (Lipinski definition) is 1. The van der Waals surface area contributed by atoms with E-state index in [1.54, 1.807) is 5.01 Å². The molecule has 0 spiro atoms. The number of rotatable bonds is 3. The van der Waals surface area contributed by atoms with Gasteiger partial charge in [0.15, 0.2) is 11.3 Å². The number of aryl methyl sites for hydroxylation is 1. The summed E-state index contributed by atoms with van der Waals surface area (Å²) in [5.41, 5.74) is 2.51. The molecule has 2 aliphatic heterocycles. The van der Waals surface area contributed by atoms with E-state index in [1.807, 2.05) is 62.6 Å². The van der Waals surface area contributed by atoms with Gasteiger partial charge in [0.2, 0.25) is 0 Å². The van der Waals surface area contributed by atoms with E-state index in [9.17, 15) is 4.79 Å². The van der Waals surface area contributed by atoms with Gasteiger partial charge in [0, 0.05) is 5.22 Å². The average Bonchev–Trinajstić information content (AvgIpc) is 2.68. The highest BCUT2D eigenvalue weighted by atomic mass is 32.2. The quantitative estimate of drug-likeness (QED) is 0.883. The van der Waals surface area contributed by atoms with Crippen LogP contribution in [0.25, 0.3) is 5.70 Å². The zero-order valence-corrected chi connectivity index (χ0v) is 16.2. The molecular weight excluding hydrogens is 360 g/mol. The molecule has 0 saturated carbocycles.